The van der Waals surface area contributed by atoms with Crippen LogP contribution in [0.1, 0.15) is 27.4 Å². The van der Waals surface area contributed by atoms with Gasteiger partial charge in [-0.15, -0.1) is 0 Å². The molecule has 17 rings (SSSR count). The summed E-state index contributed by atoms with van der Waals surface area (Å²) in [5.41, 5.74) is 12.9. The quantitative estimate of drug-likeness (QED) is 0.107. The zero-order chi connectivity index (χ0) is 86.4. The molecule has 0 aromatic heterocycles. The Morgan fingerprint density at radius 1 is 0.167 bits per heavy atom. The maximum absolute atomic E-state index is 8.40. The van der Waals surface area contributed by atoms with Gasteiger partial charge < -0.3 is 14.7 Å². The average Bonchev–Trinajstić information content (AvgIpc) is 0.773. The highest BCUT2D eigenvalue weighted by molar-refractivity contribution is 9.11. The lowest BCUT2D eigenvalue weighted by Crippen LogP contribution is -2.10. The van der Waals surface area contributed by atoms with E-state index in [9.17, 15) is 0 Å². The van der Waals surface area contributed by atoms with Crippen LogP contribution in [0.4, 0.5) is 51.2 Å². The molecule has 0 amide bonds. The van der Waals surface area contributed by atoms with Gasteiger partial charge in [-0.25, -0.2) is 0 Å². The highest BCUT2D eigenvalue weighted by Gasteiger charge is 2.20. The fourth-order valence-electron chi connectivity index (χ4n) is 12.3. The summed E-state index contributed by atoms with van der Waals surface area (Å²) in [6, 6.07) is 87.7. The Morgan fingerprint density at radius 2 is 0.373 bits per heavy atom. The van der Waals surface area contributed by atoms with Crippen LogP contribution in [-0.2, 0) is 0 Å². The first-order valence-electron chi connectivity index (χ1n) is 42.5. The van der Waals surface area contributed by atoms with Crippen molar-refractivity contribution in [1.82, 2.24) is 0 Å². The minimum absolute atomic E-state index is 0.112. The average molecular weight is 1520 g/mol. The number of para-hydroxylation sites is 1. The van der Waals surface area contributed by atoms with Gasteiger partial charge in [-0.1, -0.05) is 351 Å². The van der Waals surface area contributed by atoms with Crippen LogP contribution < -0.4 is 14.7 Å². The van der Waals surface area contributed by atoms with E-state index in [1.807, 2.05) is 187 Å². The third kappa shape index (κ3) is 14.7. The first-order chi connectivity index (χ1) is 58.6. The molecule has 0 saturated heterocycles. The highest BCUT2D eigenvalue weighted by atomic mass is 79.9. The lowest BCUT2D eigenvalue weighted by molar-refractivity contribution is 1.30. The first kappa shape index (κ1) is 46.7. The molecule has 3 nitrogen and oxygen atoms in total. The Morgan fingerprint density at radius 3 is 0.637 bits per heavy atom. The monoisotopic (exact) mass is 1520 g/mol. The van der Waals surface area contributed by atoms with Gasteiger partial charge in [-0.2, -0.15) is 0 Å². The number of hydrogen-bond acceptors (Lipinski definition) is 3. The summed E-state index contributed by atoms with van der Waals surface area (Å²) in [4.78, 5) is 6.34. The molecule has 17 aromatic rings. The largest absolute Gasteiger partial charge is 0.310 e. The predicted molar refractivity (Wildman–Crippen MR) is 446 cm³/mol. The molecule has 0 aliphatic carbocycles. The number of hydrogen-bond donors (Lipinski definition) is 0. The Kier molecular flexibility index (Phi) is 14.3. The Bertz CT molecular complexity index is 6690. The third-order valence-corrected chi connectivity index (χ3v) is 19.2. The molecule has 0 radical (unpaired) electrons. The lowest BCUT2D eigenvalue weighted by atomic mass is 10.0. The van der Waals surface area contributed by atoms with Gasteiger partial charge in [0.05, 0.1) is 44.5 Å². The highest BCUT2D eigenvalue weighted by Crippen LogP contribution is 2.45. The number of rotatable bonds is 14. The van der Waals surface area contributed by atoms with E-state index >= 15 is 0 Å². The van der Waals surface area contributed by atoms with Crippen LogP contribution in [0.2, 0.25) is 0 Å². The van der Waals surface area contributed by atoms with E-state index in [0.717, 1.165) is 108 Å². The van der Waals surface area contributed by atoms with E-state index < -0.39 is 48.3 Å². The molecule has 0 saturated carbocycles. The summed E-state index contributed by atoms with van der Waals surface area (Å²) in [6.07, 6.45) is 0. The van der Waals surface area contributed by atoms with Crippen molar-refractivity contribution in [1.29, 1.82) is 0 Å². The molecular formula is C96H68Br3N3. The van der Waals surface area contributed by atoms with Gasteiger partial charge in [0.15, 0.2) is 0 Å². The predicted octanol–water partition coefficient (Wildman–Crippen LogP) is 29.6. The van der Waals surface area contributed by atoms with Crippen LogP contribution >= 0.6 is 47.8 Å². The van der Waals surface area contributed by atoms with Crippen molar-refractivity contribution in [3.05, 3.63) is 425 Å². The van der Waals surface area contributed by atoms with Crippen molar-refractivity contribution >= 4 is 131 Å². The van der Waals surface area contributed by atoms with Gasteiger partial charge in [0.25, 0.3) is 0 Å². The summed E-state index contributed by atoms with van der Waals surface area (Å²) in [7, 11) is 0. The van der Waals surface area contributed by atoms with Crippen LogP contribution in [0, 0.1) is 0 Å². The normalized spacial score (nSPS) is 13.6. The lowest BCUT2D eigenvalue weighted by Gasteiger charge is -2.27. The van der Waals surface area contributed by atoms with Crippen molar-refractivity contribution in [2.45, 2.75) is 0 Å². The van der Waals surface area contributed by atoms with Gasteiger partial charge in [0.2, 0.25) is 0 Å². The topological polar surface area (TPSA) is 9.72 Å². The summed E-state index contributed by atoms with van der Waals surface area (Å²) < 4.78 is 166. The SMILES string of the molecule is [2H]c1c([2H])c([2H])c(-c2ccc(N(c3ccc(-c4c([2H])c([2H])c([2H])c([2H])c4[2H])cc3)c3cccc4c(Br)cccc34)cc2)c([2H])c1[2H].[2H]c1c([2H])c([2H])c(-c2ccc(N(c3ccc(-c4ccccc4)cc3)c3cccc4c(Br)cccc34)cc2)c([2H])c1[2H].[2H]c1c([2H])c([2H])c(-c2ccc(N(c3ccccc3)c3cccc4c(Br)cccc34)cc2)c([2H])c1[2H]. The van der Waals surface area contributed by atoms with Crippen molar-refractivity contribution in [2.24, 2.45) is 0 Å². The van der Waals surface area contributed by atoms with E-state index in [1.54, 1.807) is 36.4 Å². The molecular weight excluding hydrogens is 1430 g/mol. The van der Waals surface area contributed by atoms with Crippen LogP contribution in [0.25, 0.3) is 88.0 Å². The molecule has 0 fully saturated rings. The zero-order valence-electron chi connectivity index (χ0n) is 74.2. The third-order valence-electron chi connectivity index (χ3n) is 17.2. The molecule has 0 aliphatic rings. The molecule has 0 aliphatic heterocycles. The number of fused-ring (bicyclic) bond motifs is 3. The fourth-order valence-corrected chi connectivity index (χ4v) is 13.8. The smallest absolute Gasteiger partial charge is 0.0629 e. The number of nitrogens with zero attached hydrogens (tertiary/aromatic N) is 3. The molecule has 6 heteroatoms. The summed E-state index contributed by atoms with van der Waals surface area (Å²) in [6.45, 7) is 0. The standard InChI is InChI=1S/2C34H24BrN.C28H20BrN/c2*35-33-15-7-14-32-31(33)13-8-16-34(32)36(29-21-17-27(18-22-29)25-9-3-1-4-10-25)30-23-19-28(20-24-30)26-11-5-2-6-12-26;29-27-15-7-14-26-25(27)13-8-16-28(26)30(23-11-5-2-6-12-23)24-19-17-22(18-20-24)21-9-3-1-4-10-21/h2*1-24H;1-20H/i1D,2D,3D,4D,5D,6D,9D,10D,11D,12D;2*1D,3D,4D,9D,10D. The molecule has 102 heavy (non-hydrogen) atoms. The zero-order valence-corrected chi connectivity index (χ0v) is 58.9. The molecule has 0 unspecified atom stereocenters. The first-order valence-corrected chi connectivity index (χ1v) is 34.9. The van der Waals surface area contributed by atoms with Crippen LogP contribution in [0.3, 0.4) is 0 Å². The molecule has 0 atom stereocenters. The van der Waals surface area contributed by atoms with Crippen LogP contribution in [0.15, 0.2) is 425 Å². The molecule has 0 heterocycles. The van der Waals surface area contributed by atoms with Gasteiger partial charge >= 0.3 is 0 Å². The number of benzene rings is 17. The van der Waals surface area contributed by atoms with E-state index in [-0.39, 0.29) is 94.8 Å². The van der Waals surface area contributed by atoms with Crippen molar-refractivity contribution in [3.63, 3.8) is 0 Å². The van der Waals surface area contributed by atoms with Crippen LogP contribution in [0.5, 0.6) is 0 Å². The minimum Gasteiger partial charge on any atom is -0.310 e. The van der Waals surface area contributed by atoms with E-state index in [0.29, 0.717) is 22.3 Å². The summed E-state index contributed by atoms with van der Waals surface area (Å²) >= 11 is 11.0. The number of halogens is 3. The van der Waals surface area contributed by atoms with Gasteiger partial charge in [0, 0.05) is 63.7 Å². The van der Waals surface area contributed by atoms with Crippen molar-refractivity contribution in [2.75, 3.05) is 14.7 Å². The molecule has 488 valence electrons. The van der Waals surface area contributed by atoms with Gasteiger partial charge in [-0.3, -0.25) is 0 Å². The Hall–Kier alpha value is -11.6. The second-order valence-electron chi connectivity index (χ2n) is 23.3. The second kappa shape index (κ2) is 31.3. The molecule has 0 bridgehead atoms. The maximum atomic E-state index is 8.40. The maximum Gasteiger partial charge on any atom is 0.0629 e. The van der Waals surface area contributed by atoms with Gasteiger partial charge in [0.1, 0.15) is 0 Å². The molecule has 17 aromatic carbocycles. The Balaban J connectivity index is 0.000000143. The van der Waals surface area contributed by atoms with Crippen molar-refractivity contribution < 1.29 is 27.4 Å². The Labute approximate surface area is 650 Å². The fraction of sp³-hybridized carbons (Fsp3) is 0. The van der Waals surface area contributed by atoms with Gasteiger partial charge in [-0.05, 0) is 181 Å². The van der Waals surface area contributed by atoms with E-state index in [1.165, 1.54) is 0 Å². The minimum atomic E-state index is -0.448. The molecule has 0 spiro atoms. The van der Waals surface area contributed by atoms with E-state index in [2.05, 4.69) is 130 Å². The molecule has 0 N–H and O–H groups in total. The summed E-state index contributed by atoms with van der Waals surface area (Å²) in [5.74, 6) is 0. The van der Waals surface area contributed by atoms with E-state index in [4.69, 9.17) is 27.4 Å². The summed E-state index contributed by atoms with van der Waals surface area (Å²) in [5, 5.41) is 6.27. The van der Waals surface area contributed by atoms with Crippen LogP contribution in [-0.4, -0.2) is 0 Å². The van der Waals surface area contributed by atoms with Crippen molar-refractivity contribution in [3.8, 4) is 55.6 Å². The number of anilines is 9. The second-order valence-corrected chi connectivity index (χ2v) is 25.8.